The predicted octanol–water partition coefficient (Wildman–Crippen LogP) is 12.5. The van der Waals surface area contributed by atoms with Crippen molar-refractivity contribution in [3.63, 3.8) is 0 Å². The van der Waals surface area contributed by atoms with Gasteiger partial charge in [0, 0.05) is 19.3 Å². The van der Waals surface area contributed by atoms with Crippen LogP contribution in [0.5, 0.6) is 23.0 Å². The molecule has 0 atom stereocenters. The monoisotopic (exact) mass is 692 g/mol. The minimum Gasteiger partial charge on any atom is -0.508 e. The summed E-state index contributed by atoms with van der Waals surface area (Å²) in [5.41, 5.74) is 9.28. The third kappa shape index (κ3) is 12.7. The van der Waals surface area contributed by atoms with Gasteiger partial charge in [0.2, 0.25) is 0 Å². The lowest BCUT2D eigenvalue weighted by molar-refractivity contribution is 0.454. The van der Waals surface area contributed by atoms with E-state index in [9.17, 15) is 20.4 Å². The maximum Gasteiger partial charge on any atom is 0.122 e. The summed E-state index contributed by atoms with van der Waals surface area (Å²) in [4.78, 5) is 0. The van der Waals surface area contributed by atoms with Crippen LogP contribution >= 0.6 is 0 Å². The Morgan fingerprint density at radius 2 is 0.686 bits per heavy atom. The van der Waals surface area contributed by atoms with Gasteiger partial charge in [-0.1, -0.05) is 151 Å². The molecular weight excluding hydrogens is 629 g/mol. The Kier molecular flexibility index (Phi) is 16.3. The first-order valence-electron chi connectivity index (χ1n) is 19.9. The van der Waals surface area contributed by atoms with Gasteiger partial charge in [-0.05, 0) is 96.2 Å². The molecule has 4 nitrogen and oxygen atoms in total. The average Bonchev–Trinajstić information content (AvgIpc) is 3.10. The minimum absolute atomic E-state index is 0.231. The molecule has 0 saturated heterocycles. The fraction of sp³-hybridized carbons (Fsp3) is 0.489. The third-order valence-corrected chi connectivity index (χ3v) is 10.4. The van der Waals surface area contributed by atoms with Crippen molar-refractivity contribution in [2.24, 2.45) is 0 Å². The highest BCUT2D eigenvalue weighted by Gasteiger charge is 2.18. The highest BCUT2D eigenvalue weighted by Crippen LogP contribution is 2.36. The van der Waals surface area contributed by atoms with Gasteiger partial charge < -0.3 is 20.4 Å². The maximum atomic E-state index is 11.8. The molecule has 0 aliphatic rings. The molecule has 4 aromatic carbocycles. The average molecular weight is 693 g/mol. The summed E-state index contributed by atoms with van der Waals surface area (Å²) in [7, 11) is 0. The number of aromatic hydroxyl groups is 4. The van der Waals surface area contributed by atoms with Crippen molar-refractivity contribution in [2.45, 2.75) is 150 Å². The molecule has 0 fully saturated rings. The number of phenolic OH excluding ortho intramolecular Hbond substituents is 4. The van der Waals surface area contributed by atoms with Crippen molar-refractivity contribution in [3.8, 4) is 23.0 Å². The number of benzene rings is 4. The molecular formula is C47H64O4. The van der Waals surface area contributed by atoms with Crippen LogP contribution in [0.25, 0.3) is 0 Å². The van der Waals surface area contributed by atoms with E-state index in [2.05, 4.69) is 38.1 Å². The van der Waals surface area contributed by atoms with Crippen LogP contribution in [0.2, 0.25) is 0 Å². The molecule has 51 heavy (non-hydrogen) atoms. The SMILES string of the molecule is CCCCCCCCCc1cc(Cc2cc(C)ccc2O)c(O)c(Cc2cc(CCCCCCCCC)cc(Cc3cc(C)ccc3O)c2O)c1. The van der Waals surface area contributed by atoms with Crippen LogP contribution < -0.4 is 0 Å². The number of rotatable bonds is 22. The quantitative estimate of drug-likeness (QED) is 0.0618. The summed E-state index contributed by atoms with van der Waals surface area (Å²) in [5.74, 6) is 0.931. The number of phenols is 4. The second-order valence-electron chi connectivity index (χ2n) is 15.1. The molecule has 4 aromatic rings. The molecule has 276 valence electrons. The topological polar surface area (TPSA) is 80.9 Å². The number of hydrogen-bond donors (Lipinski definition) is 4. The molecule has 0 aliphatic carbocycles. The van der Waals surface area contributed by atoms with Gasteiger partial charge in [0.1, 0.15) is 23.0 Å². The van der Waals surface area contributed by atoms with Crippen LogP contribution in [-0.4, -0.2) is 20.4 Å². The Hall–Kier alpha value is -3.92. The second-order valence-corrected chi connectivity index (χ2v) is 15.1. The first-order chi connectivity index (χ1) is 24.7. The van der Waals surface area contributed by atoms with Gasteiger partial charge >= 0.3 is 0 Å². The van der Waals surface area contributed by atoms with E-state index in [0.717, 1.165) is 70.2 Å². The zero-order valence-corrected chi connectivity index (χ0v) is 32.0. The highest BCUT2D eigenvalue weighted by atomic mass is 16.3. The molecule has 4 N–H and O–H groups in total. The molecule has 4 rings (SSSR count). The first kappa shape index (κ1) is 39.9. The van der Waals surface area contributed by atoms with Crippen LogP contribution in [0.15, 0.2) is 60.7 Å². The fourth-order valence-corrected chi connectivity index (χ4v) is 7.39. The number of aryl methyl sites for hydroxylation is 4. The molecule has 0 heterocycles. The minimum atomic E-state index is 0.231. The van der Waals surface area contributed by atoms with Crippen molar-refractivity contribution >= 4 is 0 Å². The van der Waals surface area contributed by atoms with Gasteiger partial charge in [-0.25, -0.2) is 0 Å². The molecule has 0 saturated carbocycles. The molecule has 0 bridgehead atoms. The Bertz CT molecular complexity index is 1550. The van der Waals surface area contributed by atoms with E-state index in [-0.39, 0.29) is 23.0 Å². The van der Waals surface area contributed by atoms with Crippen molar-refractivity contribution in [1.82, 2.24) is 0 Å². The van der Waals surface area contributed by atoms with Crippen LogP contribution in [0.3, 0.4) is 0 Å². The zero-order valence-electron chi connectivity index (χ0n) is 32.0. The van der Waals surface area contributed by atoms with E-state index in [1.54, 1.807) is 12.1 Å². The summed E-state index contributed by atoms with van der Waals surface area (Å²) in [6, 6.07) is 19.7. The third-order valence-electron chi connectivity index (χ3n) is 10.4. The molecule has 0 aromatic heterocycles. The lowest BCUT2D eigenvalue weighted by Crippen LogP contribution is -2.02. The van der Waals surface area contributed by atoms with E-state index < -0.39 is 0 Å². The van der Waals surface area contributed by atoms with Crippen molar-refractivity contribution in [2.75, 3.05) is 0 Å². The Morgan fingerprint density at radius 1 is 0.373 bits per heavy atom. The summed E-state index contributed by atoms with van der Waals surface area (Å²) >= 11 is 0. The largest absolute Gasteiger partial charge is 0.508 e. The normalized spacial score (nSPS) is 11.4. The predicted molar refractivity (Wildman–Crippen MR) is 214 cm³/mol. The zero-order chi connectivity index (χ0) is 36.6. The van der Waals surface area contributed by atoms with Gasteiger partial charge in [-0.3, -0.25) is 0 Å². The van der Waals surface area contributed by atoms with Gasteiger partial charge in [0.15, 0.2) is 0 Å². The van der Waals surface area contributed by atoms with E-state index in [1.807, 2.05) is 38.1 Å². The standard InChI is InChI=1S/C47H64O4/c1-5-7-9-11-13-15-17-19-36-27-40(31-38-25-34(3)21-23-44(38)48)46(50)42(29-36)33-43-30-37(20-18-16-14-12-10-8-6-2)28-41(47(43)51)32-39-26-35(4)22-24-45(39)49/h21-30,48-51H,5-20,31-33H2,1-4H3. The summed E-state index contributed by atoms with van der Waals surface area (Å²) in [5, 5.41) is 44.9. The lowest BCUT2D eigenvalue weighted by atomic mass is 9.90. The lowest BCUT2D eigenvalue weighted by Gasteiger charge is -2.18. The van der Waals surface area contributed by atoms with E-state index in [0.29, 0.717) is 19.3 Å². The molecule has 0 radical (unpaired) electrons. The number of unbranched alkanes of at least 4 members (excludes halogenated alkanes) is 12. The summed E-state index contributed by atoms with van der Waals surface area (Å²) < 4.78 is 0. The highest BCUT2D eigenvalue weighted by molar-refractivity contribution is 5.54. The van der Waals surface area contributed by atoms with Crippen LogP contribution in [-0.2, 0) is 32.1 Å². The fourth-order valence-electron chi connectivity index (χ4n) is 7.39. The van der Waals surface area contributed by atoms with E-state index in [4.69, 9.17) is 0 Å². The van der Waals surface area contributed by atoms with E-state index >= 15 is 0 Å². The van der Waals surface area contributed by atoms with Crippen molar-refractivity contribution in [3.05, 3.63) is 116 Å². The summed E-state index contributed by atoms with van der Waals surface area (Å²) in [6.07, 6.45) is 20.4. The smallest absolute Gasteiger partial charge is 0.122 e. The van der Waals surface area contributed by atoms with Gasteiger partial charge in [-0.15, -0.1) is 0 Å². The maximum absolute atomic E-state index is 11.8. The molecule has 0 amide bonds. The second kappa shape index (κ2) is 20.8. The van der Waals surface area contributed by atoms with Crippen LogP contribution in [0, 0.1) is 13.8 Å². The molecule has 4 heteroatoms. The Labute approximate surface area is 308 Å². The van der Waals surface area contributed by atoms with Gasteiger partial charge in [-0.2, -0.15) is 0 Å². The first-order valence-corrected chi connectivity index (χ1v) is 19.9. The van der Waals surface area contributed by atoms with Crippen LogP contribution in [0.4, 0.5) is 0 Å². The van der Waals surface area contributed by atoms with Gasteiger partial charge in [0.25, 0.3) is 0 Å². The van der Waals surface area contributed by atoms with Gasteiger partial charge in [0.05, 0.1) is 0 Å². The Balaban J connectivity index is 1.65. The van der Waals surface area contributed by atoms with Crippen molar-refractivity contribution < 1.29 is 20.4 Å². The molecule has 0 unspecified atom stereocenters. The number of hydrogen-bond acceptors (Lipinski definition) is 4. The Morgan fingerprint density at radius 3 is 1.04 bits per heavy atom. The molecule has 0 aliphatic heterocycles. The molecule has 0 spiro atoms. The summed E-state index contributed by atoms with van der Waals surface area (Å²) in [6.45, 7) is 8.53. The van der Waals surface area contributed by atoms with Crippen LogP contribution in [0.1, 0.15) is 159 Å². The van der Waals surface area contributed by atoms with E-state index in [1.165, 1.54) is 88.2 Å². The van der Waals surface area contributed by atoms with Crippen molar-refractivity contribution in [1.29, 1.82) is 0 Å².